The van der Waals surface area contributed by atoms with Crippen LogP contribution >= 0.6 is 0 Å². The minimum absolute atomic E-state index is 0.0554. The van der Waals surface area contributed by atoms with Gasteiger partial charge in [0.05, 0.1) is 0 Å². The van der Waals surface area contributed by atoms with Gasteiger partial charge in [-0.3, -0.25) is 0 Å². The number of oxazole rings is 1. The van der Waals surface area contributed by atoms with Crippen molar-refractivity contribution in [3.05, 3.63) is 29.2 Å². The molecule has 3 nitrogen and oxygen atoms in total. The van der Waals surface area contributed by atoms with Crippen molar-refractivity contribution in [3.8, 4) is 0 Å². The van der Waals surface area contributed by atoms with Crippen LogP contribution in [0.2, 0.25) is 0 Å². The molecular formula is C20H28N2O. The van der Waals surface area contributed by atoms with E-state index in [2.05, 4.69) is 59.0 Å². The van der Waals surface area contributed by atoms with Gasteiger partial charge in [-0.2, -0.15) is 0 Å². The average molecular weight is 312 g/mol. The van der Waals surface area contributed by atoms with E-state index in [9.17, 15) is 0 Å². The lowest BCUT2D eigenvalue weighted by Crippen LogP contribution is -2.62. The second-order valence-corrected chi connectivity index (χ2v) is 9.26. The molecule has 2 bridgehead atoms. The summed E-state index contributed by atoms with van der Waals surface area (Å²) in [6, 6.07) is 5.10. The summed E-state index contributed by atoms with van der Waals surface area (Å²) in [5.41, 5.74) is 5.28. The van der Waals surface area contributed by atoms with E-state index in [-0.39, 0.29) is 16.2 Å². The van der Waals surface area contributed by atoms with Crippen LogP contribution in [0.4, 0.5) is 0 Å². The van der Waals surface area contributed by atoms with E-state index in [0.29, 0.717) is 6.04 Å². The number of rotatable bonds is 0. The highest BCUT2D eigenvalue weighted by Gasteiger charge is 2.53. The number of hydrogen-bond acceptors (Lipinski definition) is 3. The molecule has 0 amide bonds. The van der Waals surface area contributed by atoms with Gasteiger partial charge >= 0.3 is 0 Å². The van der Waals surface area contributed by atoms with E-state index in [1.807, 2.05) is 0 Å². The van der Waals surface area contributed by atoms with Crippen LogP contribution in [-0.2, 0) is 17.3 Å². The molecule has 2 aliphatic rings. The molecule has 2 atom stereocenters. The summed E-state index contributed by atoms with van der Waals surface area (Å²) in [5, 5.41) is 3.74. The Balaban J connectivity index is 1.94. The van der Waals surface area contributed by atoms with Crippen molar-refractivity contribution in [2.45, 2.75) is 71.3 Å². The Hall–Kier alpha value is -1.35. The van der Waals surface area contributed by atoms with Gasteiger partial charge in [0, 0.05) is 16.9 Å². The predicted molar refractivity (Wildman–Crippen MR) is 94.0 cm³/mol. The number of hydrogen-bond donors (Lipinski definition) is 1. The SMILES string of the molecule is CC(C)(C)c1nc2cc3c(cc2o1)CC1NCCC3(C)C1(C)C. The van der Waals surface area contributed by atoms with Gasteiger partial charge in [-0.05, 0) is 48.1 Å². The number of fused-ring (bicyclic) bond motifs is 5. The van der Waals surface area contributed by atoms with Crippen molar-refractivity contribution in [2.24, 2.45) is 5.41 Å². The molecule has 1 fully saturated rings. The van der Waals surface area contributed by atoms with Crippen LogP contribution in [0.1, 0.15) is 65.0 Å². The van der Waals surface area contributed by atoms with E-state index in [4.69, 9.17) is 9.40 Å². The maximum atomic E-state index is 6.07. The van der Waals surface area contributed by atoms with Crippen LogP contribution in [0.25, 0.3) is 11.1 Å². The predicted octanol–water partition coefficient (Wildman–Crippen LogP) is 4.33. The summed E-state index contributed by atoms with van der Waals surface area (Å²) in [6.07, 6.45) is 2.26. The molecule has 0 saturated carbocycles. The molecule has 3 heteroatoms. The topological polar surface area (TPSA) is 38.1 Å². The quantitative estimate of drug-likeness (QED) is 0.787. The molecule has 2 heterocycles. The lowest BCUT2D eigenvalue weighted by Gasteiger charge is -2.57. The second-order valence-electron chi connectivity index (χ2n) is 9.26. The van der Waals surface area contributed by atoms with Gasteiger partial charge in [-0.1, -0.05) is 41.5 Å². The summed E-state index contributed by atoms with van der Waals surface area (Å²) in [4.78, 5) is 4.79. The molecule has 1 aromatic heterocycles. The molecule has 1 aliphatic carbocycles. The van der Waals surface area contributed by atoms with Crippen LogP contribution in [-0.4, -0.2) is 17.6 Å². The molecule has 1 N–H and O–H groups in total. The van der Waals surface area contributed by atoms with Crippen molar-refractivity contribution < 1.29 is 4.42 Å². The van der Waals surface area contributed by atoms with Crippen molar-refractivity contribution in [1.82, 2.24) is 10.3 Å². The first-order chi connectivity index (χ1) is 10.6. The molecule has 2 unspecified atom stereocenters. The lowest BCUT2D eigenvalue weighted by atomic mass is 9.51. The van der Waals surface area contributed by atoms with Gasteiger partial charge < -0.3 is 9.73 Å². The van der Waals surface area contributed by atoms with Gasteiger partial charge in [-0.25, -0.2) is 4.98 Å². The molecule has 2 aromatic rings. The maximum absolute atomic E-state index is 6.07. The third kappa shape index (κ3) is 1.95. The van der Waals surface area contributed by atoms with Gasteiger partial charge in [0.15, 0.2) is 5.58 Å². The number of piperidine rings is 1. The molecule has 1 saturated heterocycles. The molecule has 0 spiro atoms. The van der Waals surface area contributed by atoms with Crippen LogP contribution in [0, 0.1) is 5.41 Å². The number of nitrogens with zero attached hydrogens (tertiary/aromatic N) is 1. The summed E-state index contributed by atoms with van der Waals surface area (Å²) in [7, 11) is 0. The molecular weight excluding hydrogens is 284 g/mol. The minimum atomic E-state index is -0.0554. The maximum Gasteiger partial charge on any atom is 0.200 e. The van der Waals surface area contributed by atoms with Crippen molar-refractivity contribution in [1.29, 1.82) is 0 Å². The van der Waals surface area contributed by atoms with Gasteiger partial charge in [0.25, 0.3) is 0 Å². The summed E-state index contributed by atoms with van der Waals surface area (Å²) in [6.45, 7) is 14.8. The van der Waals surface area contributed by atoms with Crippen molar-refractivity contribution in [3.63, 3.8) is 0 Å². The molecule has 4 rings (SSSR count). The Bertz CT molecular complexity index is 781. The van der Waals surface area contributed by atoms with Crippen LogP contribution in [0.15, 0.2) is 16.5 Å². The Morgan fingerprint density at radius 1 is 1.22 bits per heavy atom. The third-order valence-corrected chi connectivity index (χ3v) is 6.58. The normalized spacial score (nSPS) is 29.6. The highest BCUT2D eigenvalue weighted by atomic mass is 16.3. The van der Waals surface area contributed by atoms with E-state index in [0.717, 1.165) is 30.0 Å². The molecule has 124 valence electrons. The number of aromatic nitrogens is 1. The molecule has 1 aliphatic heterocycles. The number of nitrogens with one attached hydrogen (secondary N) is 1. The molecule has 0 radical (unpaired) electrons. The zero-order chi connectivity index (χ0) is 16.6. The highest BCUT2D eigenvalue weighted by Crippen LogP contribution is 2.54. The first kappa shape index (κ1) is 15.2. The summed E-state index contributed by atoms with van der Waals surface area (Å²) in [5.74, 6) is 0.834. The van der Waals surface area contributed by atoms with Crippen molar-refractivity contribution in [2.75, 3.05) is 6.54 Å². The third-order valence-electron chi connectivity index (χ3n) is 6.58. The average Bonchev–Trinajstić information content (AvgIpc) is 2.84. The van der Waals surface area contributed by atoms with Crippen LogP contribution < -0.4 is 5.32 Å². The summed E-state index contributed by atoms with van der Waals surface area (Å²) >= 11 is 0. The van der Waals surface area contributed by atoms with Crippen molar-refractivity contribution >= 4 is 11.1 Å². The first-order valence-corrected chi connectivity index (χ1v) is 8.81. The standard InChI is InChI=1S/C20H28N2O/c1-18(2,3)17-22-14-11-13-12(9-15(14)23-17)10-16-19(4,5)20(13,6)7-8-21-16/h9,11,16,21H,7-8,10H2,1-6H3. The van der Waals surface area contributed by atoms with Gasteiger partial charge in [0.1, 0.15) is 5.52 Å². The lowest BCUT2D eigenvalue weighted by molar-refractivity contribution is 0.0561. The minimum Gasteiger partial charge on any atom is -0.440 e. The fourth-order valence-electron chi connectivity index (χ4n) is 4.51. The second kappa shape index (κ2) is 4.38. The first-order valence-electron chi connectivity index (χ1n) is 8.81. The van der Waals surface area contributed by atoms with E-state index < -0.39 is 0 Å². The smallest absolute Gasteiger partial charge is 0.200 e. The number of benzene rings is 1. The van der Waals surface area contributed by atoms with Crippen LogP contribution in [0.5, 0.6) is 0 Å². The zero-order valence-electron chi connectivity index (χ0n) is 15.2. The fraction of sp³-hybridized carbons (Fsp3) is 0.650. The van der Waals surface area contributed by atoms with Gasteiger partial charge in [0.2, 0.25) is 5.89 Å². The Labute approximate surface area is 138 Å². The molecule has 1 aromatic carbocycles. The Morgan fingerprint density at radius 3 is 2.65 bits per heavy atom. The van der Waals surface area contributed by atoms with Gasteiger partial charge in [-0.15, -0.1) is 0 Å². The molecule has 23 heavy (non-hydrogen) atoms. The van der Waals surface area contributed by atoms with E-state index in [1.165, 1.54) is 17.5 Å². The highest BCUT2D eigenvalue weighted by molar-refractivity contribution is 5.76. The van der Waals surface area contributed by atoms with Crippen LogP contribution in [0.3, 0.4) is 0 Å². The fourth-order valence-corrected chi connectivity index (χ4v) is 4.51. The Kier molecular flexibility index (Phi) is 2.90. The van der Waals surface area contributed by atoms with E-state index in [1.54, 1.807) is 0 Å². The Morgan fingerprint density at radius 2 is 1.96 bits per heavy atom. The zero-order valence-corrected chi connectivity index (χ0v) is 15.2. The van der Waals surface area contributed by atoms with E-state index >= 15 is 0 Å². The monoisotopic (exact) mass is 312 g/mol. The summed E-state index contributed by atoms with van der Waals surface area (Å²) < 4.78 is 6.07. The largest absolute Gasteiger partial charge is 0.440 e.